The van der Waals surface area contributed by atoms with E-state index in [1.807, 2.05) is 25.2 Å². The van der Waals surface area contributed by atoms with Crippen molar-refractivity contribution in [2.75, 3.05) is 21.3 Å². The molecule has 0 radical (unpaired) electrons. The summed E-state index contributed by atoms with van der Waals surface area (Å²) in [6.07, 6.45) is 0.934. The van der Waals surface area contributed by atoms with Gasteiger partial charge in [-0.05, 0) is 52.8 Å². The first kappa shape index (κ1) is 15.4. The molecule has 1 N–H and O–H groups in total. The van der Waals surface area contributed by atoms with E-state index in [9.17, 15) is 0 Å². The minimum atomic E-state index is 0.226. The molecule has 2 rings (SSSR count). The molecule has 1 unspecified atom stereocenters. The van der Waals surface area contributed by atoms with Crippen LogP contribution >= 0.6 is 27.3 Å². The summed E-state index contributed by atoms with van der Waals surface area (Å²) in [6, 6.07) is 10.4. The van der Waals surface area contributed by atoms with Crippen LogP contribution in [0.25, 0.3) is 0 Å². The number of ether oxygens (including phenoxy) is 2. The van der Waals surface area contributed by atoms with Crippen molar-refractivity contribution in [3.05, 3.63) is 44.6 Å². The first-order chi connectivity index (χ1) is 9.66. The van der Waals surface area contributed by atoms with E-state index in [-0.39, 0.29) is 6.04 Å². The molecule has 0 fully saturated rings. The second kappa shape index (κ2) is 7.11. The molecule has 3 nitrogen and oxygen atoms in total. The van der Waals surface area contributed by atoms with E-state index in [1.165, 1.54) is 4.88 Å². The SMILES string of the molecule is CNC(Cc1ccc(Br)s1)c1cc(OC)cc(OC)c1. The van der Waals surface area contributed by atoms with E-state index in [2.05, 4.69) is 33.4 Å². The average Bonchev–Trinajstić information content (AvgIpc) is 2.89. The van der Waals surface area contributed by atoms with Gasteiger partial charge < -0.3 is 14.8 Å². The largest absolute Gasteiger partial charge is 0.497 e. The van der Waals surface area contributed by atoms with Gasteiger partial charge in [-0.25, -0.2) is 0 Å². The average molecular weight is 356 g/mol. The zero-order valence-electron chi connectivity index (χ0n) is 11.8. The molecule has 0 spiro atoms. The van der Waals surface area contributed by atoms with Crippen LogP contribution in [0.3, 0.4) is 0 Å². The summed E-state index contributed by atoms with van der Waals surface area (Å²) in [5.74, 6) is 1.62. The van der Waals surface area contributed by atoms with Crippen LogP contribution in [0.4, 0.5) is 0 Å². The second-order valence-electron chi connectivity index (χ2n) is 4.40. The third-order valence-electron chi connectivity index (χ3n) is 3.16. The summed E-state index contributed by atoms with van der Waals surface area (Å²) < 4.78 is 11.8. The summed E-state index contributed by atoms with van der Waals surface area (Å²) in [6.45, 7) is 0. The van der Waals surface area contributed by atoms with Crippen LogP contribution in [0, 0.1) is 0 Å². The Bertz CT molecular complexity index is 549. The normalized spacial score (nSPS) is 12.2. The summed E-state index contributed by atoms with van der Waals surface area (Å²) in [5, 5.41) is 3.36. The molecule has 1 aromatic heterocycles. The van der Waals surface area contributed by atoms with Gasteiger partial charge in [0.15, 0.2) is 0 Å². The lowest BCUT2D eigenvalue weighted by molar-refractivity contribution is 0.392. The van der Waals surface area contributed by atoms with Crippen molar-refractivity contribution < 1.29 is 9.47 Å². The molecule has 0 saturated heterocycles. The molecule has 108 valence electrons. The fourth-order valence-corrected chi connectivity index (χ4v) is 3.61. The van der Waals surface area contributed by atoms with E-state index in [0.29, 0.717) is 0 Å². The van der Waals surface area contributed by atoms with E-state index < -0.39 is 0 Å². The van der Waals surface area contributed by atoms with Gasteiger partial charge in [0, 0.05) is 23.4 Å². The van der Waals surface area contributed by atoms with Gasteiger partial charge in [0.1, 0.15) is 11.5 Å². The molecule has 0 amide bonds. The van der Waals surface area contributed by atoms with E-state index in [0.717, 1.165) is 27.3 Å². The Labute approximate surface area is 132 Å². The molecule has 1 atom stereocenters. The standard InChI is InChI=1S/C15H18BrNO2S/c1-17-14(9-13-4-5-15(16)20-13)10-6-11(18-2)8-12(7-10)19-3/h4-8,14,17H,9H2,1-3H3. The number of rotatable bonds is 6. The third-order valence-corrected chi connectivity index (χ3v) is 4.80. The lowest BCUT2D eigenvalue weighted by atomic mass is 10.0. The zero-order chi connectivity index (χ0) is 14.5. The van der Waals surface area contributed by atoms with Crippen molar-refractivity contribution in [2.24, 2.45) is 0 Å². The molecule has 1 aromatic carbocycles. The van der Waals surface area contributed by atoms with Crippen molar-refractivity contribution in [3.63, 3.8) is 0 Å². The summed E-state index contributed by atoms with van der Waals surface area (Å²) in [5.41, 5.74) is 1.16. The summed E-state index contributed by atoms with van der Waals surface area (Å²) >= 11 is 5.26. The molecule has 20 heavy (non-hydrogen) atoms. The summed E-state index contributed by atoms with van der Waals surface area (Å²) in [7, 11) is 5.31. The van der Waals surface area contributed by atoms with Gasteiger partial charge in [0.2, 0.25) is 0 Å². The maximum Gasteiger partial charge on any atom is 0.122 e. The highest BCUT2D eigenvalue weighted by Gasteiger charge is 2.14. The fraction of sp³-hybridized carbons (Fsp3) is 0.333. The molecular weight excluding hydrogens is 338 g/mol. The van der Waals surface area contributed by atoms with Crippen LogP contribution < -0.4 is 14.8 Å². The van der Waals surface area contributed by atoms with Crippen LogP contribution in [0.2, 0.25) is 0 Å². The Hall–Kier alpha value is -1.04. The van der Waals surface area contributed by atoms with Crippen LogP contribution in [0.15, 0.2) is 34.1 Å². The van der Waals surface area contributed by atoms with E-state index in [1.54, 1.807) is 25.6 Å². The Morgan fingerprint density at radius 3 is 2.25 bits per heavy atom. The number of hydrogen-bond donors (Lipinski definition) is 1. The van der Waals surface area contributed by atoms with Crippen molar-refractivity contribution >= 4 is 27.3 Å². The highest BCUT2D eigenvalue weighted by molar-refractivity contribution is 9.11. The lowest BCUT2D eigenvalue weighted by Crippen LogP contribution is -2.18. The molecule has 0 aliphatic heterocycles. The van der Waals surface area contributed by atoms with Gasteiger partial charge in [0.25, 0.3) is 0 Å². The number of likely N-dealkylation sites (N-methyl/N-ethyl adjacent to an activating group) is 1. The molecule has 0 bridgehead atoms. The maximum absolute atomic E-state index is 5.33. The fourth-order valence-electron chi connectivity index (χ4n) is 2.08. The smallest absolute Gasteiger partial charge is 0.122 e. The quantitative estimate of drug-likeness (QED) is 0.848. The molecule has 5 heteroatoms. The Morgan fingerprint density at radius 2 is 1.80 bits per heavy atom. The zero-order valence-corrected chi connectivity index (χ0v) is 14.2. The third kappa shape index (κ3) is 3.75. The van der Waals surface area contributed by atoms with Crippen LogP contribution in [0.5, 0.6) is 11.5 Å². The second-order valence-corrected chi connectivity index (χ2v) is 6.94. The molecule has 0 aliphatic carbocycles. The van der Waals surface area contributed by atoms with E-state index >= 15 is 0 Å². The first-order valence-corrected chi connectivity index (χ1v) is 7.91. The molecule has 1 heterocycles. The molecule has 0 aliphatic rings. The van der Waals surface area contributed by atoms with Gasteiger partial charge in [-0.2, -0.15) is 0 Å². The van der Waals surface area contributed by atoms with Crippen molar-refractivity contribution in [3.8, 4) is 11.5 Å². The van der Waals surface area contributed by atoms with Crippen molar-refractivity contribution in [2.45, 2.75) is 12.5 Å². The number of halogens is 1. The lowest BCUT2D eigenvalue weighted by Gasteiger charge is -2.18. The molecular formula is C15H18BrNO2S. The number of methoxy groups -OCH3 is 2. The van der Waals surface area contributed by atoms with Crippen LogP contribution in [-0.2, 0) is 6.42 Å². The number of hydrogen-bond acceptors (Lipinski definition) is 4. The topological polar surface area (TPSA) is 30.5 Å². The Kier molecular flexibility index (Phi) is 5.46. The van der Waals surface area contributed by atoms with Crippen LogP contribution in [-0.4, -0.2) is 21.3 Å². The van der Waals surface area contributed by atoms with Gasteiger partial charge in [0.05, 0.1) is 18.0 Å². The number of benzene rings is 1. The first-order valence-electron chi connectivity index (χ1n) is 6.30. The minimum Gasteiger partial charge on any atom is -0.497 e. The van der Waals surface area contributed by atoms with Gasteiger partial charge in [-0.15, -0.1) is 11.3 Å². The minimum absolute atomic E-state index is 0.226. The van der Waals surface area contributed by atoms with Crippen molar-refractivity contribution in [1.29, 1.82) is 0 Å². The monoisotopic (exact) mass is 355 g/mol. The highest BCUT2D eigenvalue weighted by atomic mass is 79.9. The van der Waals surface area contributed by atoms with E-state index in [4.69, 9.17) is 9.47 Å². The van der Waals surface area contributed by atoms with Crippen molar-refractivity contribution in [1.82, 2.24) is 5.32 Å². The Morgan fingerprint density at radius 1 is 1.15 bits per heavy atom. The predicted molar refractivity (Wildman–Crippen MR) is 87.1 cm³/mol. The predicted octanol–water partition coefficient (Wildman–Crippen LogP) is 4.03. The number of thiophene rings is 1. The van der Waals surface area contributed by atoms with Gasteiger partial charge in [-0.1, -0.05) is 0 Å². The summed E-state index contributed by atoms with van der Waals surface area (Å²) in [4.78, 5) is 1.33. The maximum atomic E-state index is 5.33. The number of nitrogens with one attached hydrogen (secondary N) is 1. The molecule has 0 saturated carbocycles. The highest BCUT2D eigenvalue weighted by Crippen LogP contribution is 2.30. The molecule has 2 aromatic rings. The van der Waals surface area contributed by atoms with Gasteiger partial charge >= 0.3 is 0 Å². The Balaban J connectivity index is 2.26. The van der Waals surface area contributed by atoms with Gasteiger partial charge in [-0.3, -0.25) is 0 Å². The van der Waals surface area contributed by atoms with Crippen LogP contribution in [0.1, 0.15) is 16.5 Å².